The van der Waals surface area contributed by atoms with Crippen LogP contribution in [0.4, 0.5) is 4.39 Å². The second kappa shape index (κ2) is 6.00. The van der Waals surface area contributed by atoms with Gasteiger partial charge < -0.3 is 0 Å². The van der Waals surface area contributed by atoms with Gasteiger partial charge in [0, 0.05) is 0 Å². The van der Waals surface area contributed by atoms with Gasteiger partial charge >= 0.3 is 92.8 Å². The summed E-state index contributed by atoms with van der Waals surface area (Å²) in [5.41, 5.74) is 0.932. The minimum absolute atomic E-state index is 0.0296. The van der Waals surface area contributed by atoms with Crippen molar-refractivity contribution in [3.63, 3.8) is 0 Å². The molecule has 1 aromatic rings. The first kappa shape index (κ1) is 11.5. The number of benzene rings is 1. The van der Waals surface area contributed by atoms with Crippen LogP contribution in [0.1, 0.15) is 31.7 Å². The van der Waals surface area contributed by atoms with Gasteiger partial charge in [-0.25, -0.2) is 0 Å². The molecule has 0 N–H and O–H groups in total. The van der Waals surface area contributed by atoms with Crippen LogP contribution in [0.5, 0.6) is 0 Å². The normalized spacial score (nSPS) is 12.4. The van der Waals surface area contributed by atoms with Gasteiger partial charge in [-0.15, -0.1) is 0 Å². The first-order valence-electron chi connectivity index (χ1n) is 4.86. The summed E-state index contributed by atoms with van der Waals surface area (Å²) >= 11 is 2.81. The zero-order valence-electron chi connectivity index (χ0n) is 8.29. The molecule has 0 aliphatic rings. The van der Waals surface area contributed by atoms with Crippen molar-refractivity contribution in [3.8, 4) is 0 Å². The molecule has 0 nitrogen and oxygen atoms in total. The van der Waals surface area contributed by atoms with E-state index < -0.39 is 0 Å². The van der Waals surface area contributed by atoms with E-state index in [1.165, 1.54) is 0 Å². The van der Waals surface area contributed by atoms with Crippen molar-refractivity contribution in [2.45, 2.75) is 26.2 Å². The van der Waals surface area contributed by atoms with Crippen molar-refractivity contribution in [1.82, 2.24) is 0 Å². The van der Waals surface area contributed by atoms with Crippen LogP contribution in [-0.2, 0) is 0 Å². The van der Waals surface area contributed by atoms with E-state index in [2.05, 4.69) is 22.9 Å². The molecule has 0 spiro atoms. The fourth-order valence-corrected chi connectivity index (χ4v) is 1.69. The van der Waals surface area contributed by atoms with Gasteiger partial charge in [0.2, 0.25) is 0 Å². The summed E-state index contributed by atoms with van der Waals surface area (Å²) < 4.78 is 14.2. The molecule has 0 aliphatic carbocycles. The quantitative estimate of drug-likeness (QED) is 0.721. The molecule has 0 unspecified atom stereocenters. The van der Waals surface area contributed by atoms with Crippen LogP contribution in [0, 0.1) is 0 Å². The third kappa shape index (κ3) is 3.28. The van der Waals surface area contributed by atoms with E-state index in [1.807, 2.05) is 30.3 Å². The SMILES string of the molecule is CCCC/C(F)=C(\[Se])c1ccccc1. The molecule has 0 fully saturated rings. The fraction of sp³-hybridized carbons (Fsp3) is 0.333. The third-order valence-electron chi connectivity index (χ3n) is 2.03. The van der Waals surface area contributed by atoms with Gasteiger partial charge in [0.15, 0.2) is 0 Å². The van der Waals surface area contributed by atoms with E-state index in [1.54, 1.807) is 0 Å². The number of unbranched alkanes of at least 4 members (excludes halogenated alkanes) is 1. The molecule has 1 aromatic carbocycles. The van der Waals surface area contributed by atoms with E-state index in [9.17, 15) is 4.39 Å². The van der Waals surface area contributed by atoms with Crippen LogP contribution < -0.4 is 0 Å². The molecule has 0 amide bonds. The van der Waals surface area contributed by atoms with Gasteiger partial charge in [-0.1, -0.05) is 0 Å². The van der Waals surface area contributed by atoms with E-state index in [0.717, 1.165) is 18.4 Å². The molecule has 0 bridgehead atoms. The Hall–Kier alpha value is -0.591. The van der Waals surface area contributed by atoms with E-state index in [4.69, 9.17) is 0 Å². The van der Waals surface area contributed by atoms with Crippen LogP contribution in [0.25, 0.3) is 4.47 Å². The molecule has 0 saturated carbocycles. The Morgan fingerprint density at radius 2 is 1.93 bits per heavy atom. The maximum atomic E-state index is 13.5. The molecular formula is C12H14FSe. The van der Waals surface area contributed by atoms with Gasteiger partial charge in [0.05, 0.1) is 0 Å². The fourth-order valence-electron chi connectivity index (χ4n) is 1.19. The van der Waals surface area contributed by atoms with Crippen LogP contribution >= 0.6 is 0 Å². The monoisotopic (exact) mass is 257 g/mol. The van der Waals surface area contributed by atoms with Crippen molar-refractivity contribution >= 4 is 20.5 Å². The topological polar surface area (TPSA) is 0 Å². The van der Waals surface area contributed by atoms with Crippen LogP contribution in [0.2, 0.25) is 0 Å². The van der Waals surface area contributed by atoms with Crippen LogP contribution in [0.15, 0.2) is 36.2 Å². The van der Waals surface area contributed by atoms with Crippen LogP contribution in [0.3, 0.4) is 0 Å². The van der Waals surface area contributed by atoms with Crippen molar-refractivity contribution < 1.29 is 4.39 Å². The average Bonchev–Trinajstić information content (AvgIpc) is 2.26. The Kier molecular flexibility index (Phi) is 4.92. The summed E-state index contributed by atoms with van der Waals surface area (Å²) in [6.45, 7) is 2.06. The standard InChI is InChI=1S/C12H14FSe/c1-2-3-9-11(13)12(14)10-7-5-4-6-8-10/h4-8H,2-3,9H2,1H3/b12-11+. The summed E-state index contributed by atoms with van der Waals surface area (Å²) in [6, 6.07) is 9.59. The summed E-state index contributed by atoms with van der Waals surface area (Å²) in [6.07, 6.45) is 2.47. The molecule has 0 aliphatic heterocycles. The van der Waals surface area contributed by atoms with E-state index in [0.29, 0.717) is 10.9 Å². The Morgan fingerprint density at radius 1 is 1.29 bits per heavy atom. The molecule has 75 valence electrons. The molecule has 2 heteroatoms. The molecule has 1 rings (SSSR count). The first-order chi connectivity index (χ1) is 6.75. The van der Waals surface area contributed by atoms with Gasteiger partial charge in [0.25, 0.3) is 0 Å². The third-order valence-corrected chi connectivity index (χ3v) is 2.99. The second-order valence-electron chi connectivity index (χ2n) is 3.20. The van der Waals surface area contributed by atoms with Crippen molar-refractivity contribution in [1.29, 1.82) is 0 Å². The maximum absolute atomic E-state index is 13.5. The molecular weight excluding hydrogens is 242 g/mol. The summed E-state index contributed by atoms with van der Waals surface area (Å²) in [5, 5.41) is 0. The summed E-state index contributed by atoms with van der Waals surface area (Å²) in [5.74, 6) is -0.0296. The Labute approximate surface area is 93.0 Å². The van der Waals surface area contributed by atoms with Crippen LogP contribution in [-0.4, -0.2) is 16.0 Å². The van der Waals surface area contributed by atoms with Crippen molar-refractivity contribution in [3.05, 3.63) is 41.7 Å². The predicted octanol–water partition coefficient (Wildman–Crippen LogP) is 3.68. The molecule has 1 radical (unpaired) electrons. The number of hydrogen-bond acceptors (Lipinski definition) is 0. The van der Waals surface area contributed by atoms with Gasteiger partial charge in [-0.3, -0.25) is 0 Å². The molecule has 0 saturated heterocycles. The van der Waals surface area contributed by atoms with E-state index >= 15 is 0 Å². The van der Waals surface area contributed by atoms with Gasteiger partial charge in [-0.05, 0) is 0 Å². The Bertz CT molecular complexity index is 303. The molecule has 0 atom stereocenters. The second-order valence-corrected chi connectivity index (χ2v) is 4.06. The molecule has 14 heavy (non-hydrogen) atoms. The average molecular weight is 256 g/mol. The number of hydrogen-bond donors (Lipinski definition) is 0. The number of halogens is 1. The predicted molar refractivity (Wildman–Crippen MR) is 59.7 cm³/mol. The first-order valence-corrected chi connectivity index (χ1v) is 5.72. The number of allylic oxidation sites excluding steroid dienone is 1. The zero-order valence-corrected chi connectivity index (χ0v) is 10.0. The minimum atomic E-state index is -0.0296. The van der Waals surface area contributed by atoms with Gasteiger partial charge in [-0.2, -0.15) is 0 Å². The molecule has 0 aromatic heterocycles. The van der Waals surface area contributed by atoms with Gasteiger partial charge in [0.1, 0.15) is 0 Å². The Morgan fingerprint density at radius 3 is 2.50 bits per heavy atom. The summed E-state index contributed by atoms with van der Waals surface area (Å²) in [7, 11) is 0. The molecule has 0 heterocycles. The van der Waals surface area contributed by atoms with E-state index in [-0.39, 0.29) is 5.83 Å². The Balaban J connectivity index is 2.77. The van der Waals surface area contributed by atoms with Crippen molar-refractivity contribution in [2.24, 2.45) is 0 Å². The number of rotatable bonds is 4. The zero-order chi connectivity index (χ0) is 10.4. The van der Waals surface area contributed by atoms with Crippen molar-refractivity contribution in [2.75, 3.05) is 0 Å². The summed E-state index contributed by atoms with van der Waals surface area (Å²) in [4.78, 5) is 0.